The van der Waals surface area contributed by atoms with Gasteiger partial charge in [-0.3, -0.25) is 0 Å². The highest BCUT2D eigenvalue weighted by atomic mass is 16.6. The van der Waals surface area contributed by atoms with Gasteiger partial charge < -0.3 is 9.84 Å². The normalized spacial score (nSPS) is 40.4. The van der Waals surface area contributed by atoms with Crippen LogP contribution in [0, 0.1) is 0 Å². The van der Waals surface area contributed by atoms with Crippen LogP contribution in [0.4, 0.5) is 0 Å². The highest BCUT2D eigenvalue weighted by Crippen LogP contribution is 2.39. The second-order valence-corrected chi connectivity index (χ2v) is 2.31. The third-order valence-electron chi connectivity index (χ3n) is 1.87. The molecule has 0 aromatic rings. The molecule has 0 aliphatic carbocycles. The summed E-state index contributed by atoms with van der Waals surface area (Å²) < 4.78 is 4.92. The van der Waals surface area contributed by atoms with Crippen molar-refractivity contribution in [1.82, 2.24) is 0 Å². The summed E-state index contributed by atoms with van der Waals surface area (Å²) in [6.07, 6.45) is 0.462. The van der Waals surface area contributed by atoms with Gasteiger partial charge in [-0.05, 0) is 13.3 Å². The molecule has 0 aromatic heterocycles. The van der Waals surface area contributed by atoms with E-state index >= 15 is 0 Å². The Labute approximate surface area is 53.6 Å². The number of carbonyl (C=O) groups is 1. The molecule has 1 rings (SSSR count). The molecule has 3 heteroatoms. The Morgan fingerprint density at radius 2 is 2.33 bits per heavy atom. The van der Waals surface area contributed by atoms with E-state index in [9.17, 15) is 4.79 Å². The van der Waals surface area contributed by atoms with E-state index in [-0.39, 0.29) is 6.10 Å². The minimum atomic E-state index is -0.836. The largest absolute Gasteiger partial charge is 0.479 e. The Morgan fingerprint density at radius 3 is 2.33 bits per heavy atom. The first kappa shape index (κ1) is 6.55. The zero-order chi connectivity index (χ0) is 7.07. The molecule has 2 atom stereocenters. The summed E-state index contributed by atoms with van der Waals surface area (Å²) in [7, 11) is 0. The fraction of sp³-hybridized carbons (Fsp3) is 0.833. The first-order valence-electron chi connectivity index (χ1n) is 3.04. The quantitative estimate of drug-likeness (QED) is 0.558. The highest BCUT2D eigenvalue weighted by molar-refractivity contribution is 5.81. The molecule has 9 heavy (non-hydrogen) atoms. The van der Waals surface area contributed by atoms with Crippen LogP contribution in [0.15, 0.2) is 0 Å². The minimum absolute atomic E-state index is 0.0972. The monoisotopic (exact) mass is 130 g/mol. The summed E-state index contributed by atoms with van der Waals surface area (Å²) >= 11 is 0. The van der Waals surface area contributed by atoms with E-state index in [0.29, 0.717) is 6.42 Å². The molecule has 0 unspecified atom stereocenters. The molecule has 1 saturated heterocycles. The van der Waals surface area contributed by atoms with Gasteiger partial charge in [0.05, 0.1) is 6.10 Å². The predicted octanol–water partition coefficient (Wildman–Crippen LogP) is 0.638. The molecule has 1 aliphatic heterocycles. The van der Waals surface area contributed by atoms with Crippen molar-refractivity contribution in [2.75, 3.05) is 0 Å². The van der Waals surface area contributed by atoms with E-state index < -0.39 is 11.6 Å². The molecule has 1 heterocycles. The van der Waals surface area contributed by atoms with Gasteiger partial charge in [0.25, 0.3) is 0 Å². The van der Waals surface area contributed by atoms with E-state index in [1.54, 1.807) is 6.92 Å². The molecular weight excluding hydrogens is 120 g/mol. The summed E-state index contributed by atoms with van der Waals surface area (Å²) in [4.78, 5) is 10.4. The smallest absolute Gasteiger partial charge is 0.338 e. The third-order valence-corrected chi connectivity index (χ3v) is 1.87. The van der Waals surface area contributed by atoms with Crippen molar-refractivity contribution in [3.8, 4) is 0 Å². The van der Waals surface area contributed by atoms with Crippen LogP contribution in [0.5, 0.6) is 0 Å². The van der Waals surface area contributed by atoms with Crippen LogP contribution in [0.25, 0.3) is 0 Å². The summed E-state index contributed by atoms with van der Waals surface area (Å²) in [5.74, 6) is -0.836. The van der Waals surface area contributed by atoms with Gasteiger partial charge >= 0.3 is 5.97 Å². The van der Waals surface area contributed by atoms with Crippen molar-refractivity contribution in [3.05, 3.63) is 0 Å². The molecule has 0 bridgehead atoms. The maximum Gasteiger partial charge on any atom is 0.338 e. The van der Waals surface area contributed by atoms with E-state index in [1.165, 1.54) is 0 Å². The first-order chi connectivity index (χ1) is 4.13. The Bertz CT molecular complexity index is 139. The molecule has 0 saturated carbocycles. The number of ether oxygens (including phenoxy) is 1. The summed E-state index contributed by atoms with van der Waals surface area (Å²) in [5, 5.41) is 8.55. The Balaban J connectivity index is 2.62. The maximum absolute atomic E-state index is 10.4. The number of carboxylic acids is 1. The molecule has 1 N–H and O–H groups in total. The molecule has 0 spiro atoms. The van der Waals surface area contributed by atoms with Gasteiger partial charge in [0.2, 0.25) is 0 Å². The average Bonchev–Trinajstić information content (AvgIpc) is 2.43. The zero-order valence-electron chi connectivity index (χ0n) is 5.55. The lowest BCUT2D eigenvalue weighted by molar-refractivity contribution is -0.143. The van der Waals surface area contributed by atoms with Crippen LogP contribution in [-0.4, -0.2) is 22.8 Å². The standard InChI is InChI=1S/C6H10O3/c1-3-6(5(7)8)4(2)9-6/h4H,3H2,1-2H3,(H,7,8)/t4-,6-/m0/s1. The fourth-order valence-corrected chi connectivity index (χ4v) is 1.03. The molecule has 3 nitrogen and oxygen atoms in total. The van der Waals surface area contributed by atoms with Crippen LogP contribution < -0.4 is 0 Å². The Kier molecular flexibility index (Phi) is 1.24. The number of hydrogen-bond donors (Lipinski definition) is 1. The second-order valence-electron chi connectivity index (χ2n) is 2.31. The fourth-order valence-electron chi connectivity index (χ4n) is 1.03. The first-order valence-corrected chi connectivity index (χ1v) is 3.04. The van der Waals surface area contributed by atoms with Gasteiger partial charge in [-0.1, -0.05) is 6.92 Å². The van der Waals surface area contributed by atoms with Gasteiger partial charge in [-0.15, -0.1) is 0 Å². The van der Waals surface area contributed by atoms with Crippen LogP contribution in [0.1, 0.15) is 20.3 Å². The average molecular weight is 130 g/mol. The van der Waals surface area contributed by atoms with Gasteiger partial charge in [0.1, 0.15) is 0 Å². The topological polar surface area (TPSA) is 49.8 Å². The van der Waals surface area contributed by atoms with Gasteiger partial charge in [0.15, 0.2) is 5.60 Å². The molecule has 52 valence electrons. The lowest BCUT2D eigenvalue weighted by Gasteiger charge is -1.99. The predicted molar refractivity (Wildman–Crippen MR) is 31.2 cm³/mol. The van der Waals surface area contributed by atoms with Gasteiger partial charge in [-0.2, -0.15) is 0 Å². The number of rotatable bonds is 2. The van der Waals surface area contributed by atoms with Crippen molar-refractivity contribution in [2.24, 2.45) is 0 Å². The number of carboxylic acid groups (broad SMARTS) is 1. The van der Waals surface area contributed by atoms with E-state index in [0.717, 1.165) is 0 Å². The Morgan fingerprint density at radius 1 is 1.89 bits per heavy atom. The van der Waals surface area contributed by atoms with Crippen molar-refractivity contribution < 1.29 is 14.6 Å². The van der Waals surface area contributed by atoms with Crippen LogP contribution in [-0.2, 0) is 9.53 Å². The van der Waals surface area contributed by atoms with Crippen molar-refractivity contribution in [1.29, 1.82) is 0 Å². The number of hydrogen-bond acceptors (Lipinski definition) is 2. The van der Waals surface area contributed by atoms with Gasteiger partial charge in [0, 0.05) is 0 Å². The third kappa shape index (κ3) is 0.721. The van der Waals surface area contributed by atoms with E-state index in [4.69, 9.17) is 9.84 Å². The zero-order valence-corrected chi connectivity index (χ0v) is 5.55. The molecule has 0 amide bonds. The van der Waals surface area contributed by atoms with Crippen molar-refractivity contribution >= 4 is 5.97 Å². The van der Waals surface area contributed by atoms with Crippen molar-refractivity contribution in [3.63, 3.8) is 0 Å². The number of aliphatic carboxylic acids is 1. The Hall–Kier alpha value is -0.570. The minimum Gasteiger partial charge on any atom is -0.479 e. The molecule has 1 fully saturated rings. The summed E-state index contributed by atoms with van der Waals surface area (Å²) in [6, 6.07) is 0. The van der Waals surface area contributed by atoms with E-state index in [2.05, 4.69) is 0 Å². The lowest BCUT2D eigenvalue weighted by atomic mass is 10.0. The summed E-state index contributed by atoms with van der Waals surface area (Å²) in [5.41, 5.74) is -0.833. The highest BCUT2D eigenvalue weighted by Gasteiger charge is 2.58. The van der Waals surface area contributed by atoms with Crippen LogP contribution >= 0.6 is 0 Å². The van der Waals surface area contributed by atoms with E-state index in [1.807, 2.05) is 6.92 Å². The van der Waals surface area contributed by atoms with Crippen LogP contribution in [0.3, 0.4) is 0 Å². The summed E-state index contributed by atoms with van der Waals surface area (Å²) in [6.45, 7) is 3.59. The molecule has 1 aliphatic rings. The van der Waals surface area contributed by atoms with Crippen molar-refractivity contribution in [2.45, 2.75) is 32.0 Å². The molecule has 0 radical (unpaired) electrons. The SMILES string of the molecule is CC[C@]1(C(=O)O)O[C@H]1C. The lowest BCUT2D eigenvalue weighted by Crippen LogP contribution is -2.24. The van der Waals surface area contributed by atoms with Gasteiger partial charge in [-0.25, -0.2) is 4.79 Å². The second kappa shape index (κ2) is 1.70. The van der Waals surface area contributed by atoms with Crippen LogP contribution in [0.2, 0.25) is 0 Å². The molecular formula is C6H10O3. The molecule has 0 aromatic carbocycles. The number of epoxide rings is 1. The maximum atomic E-state index is 10.4.